The molecule has 8 aromatic rings. The van der Waals surface area contributed by atoms with E-state index in [4.69, 9.17) is 9.41 Å². The van der Waals surface area contributed by atoms with Gasteiger partial charge in [-0.05, 0) is 86.5 Å². The Balaban J connectivity index is 1.08. The number of furan rings is 1. The van der Waals surface area contributed by atoms with Gasteiger partial charge in [-0.3, -0.25) is 0 Å². The summed E-state index contributed by atoms with van der Waals surface area (Å²) >= 11 is 1.84. The van der Waals surface area contributed by atoms with Crippen molar-refractivity contribution < 1.29 is 4.42 Å². The molecule has 0 amide bonds. The SMILES string of the molecule is CC1(C)c2ccccc2-c2ccc(C3=C4Sc5ccccc5C4NC(c4cccc5oc6ccc(-c7cccc(-c8ccccc8)c7)cc6c45)=N3)cc21. The highest BCUT2D eigenvalue weighted by Crippen LogP contribution is 2.54. The number of amidine groups is 1. The van der Waals surface area contributed by atoms with E-state index in [-0.39, 0.29) is 11.5 Å². The second-order valence-corrected chi connectivity index (χ2v) is 15.8. The Morgan fingerprint density at radius 3 is 2.17 bits per heavy atom. The summed E-state index contributed by atoms with van der Waals surface area (Å²) in [5.74, 6) is 0.860. The lowest BCUT2D eigenvalue weighted by atomic mass is 9.82. The first kappa shape index (κ1) is 30.5. The molecule has 0 radical (unpaired) electrons. The molecule has 3 heterocycles. The number of nitrogens with zero attached hydrogens (tertiary/aromatic N) is 1. The van der Waals surface area contributed by atoms with E-state index in [0.717, 1.165) is 50.2 Å². The number of thioether (sulfide) groups is 1. The van der Waals surface area contributed by atoms with Crippen LogP contribution in [0.2, 0.25) is 0 Å². The molecule has 0 saturated carbocycles. The van der Waals surface area contributed by atoms with Gasteiger partial charge in [-0.25, -0.2) is 4.99 Å². The van der Waals surface area contributed by atoms with Crippen molar-refractivity contribution in [1.82, 2.24) is 5.32 Å². The molecule has 252 valence electrons. The molecule has 0 bridgehead atoms. The molecule has 3 nitrogen and oxygen atoms in total. The van der Waals surface area contributed by atoms with Gasteiger partial charge in [0.15, 0.2) is 0 Å². The number of nitrogens with one attached hydrogen (secondary N) is 1. The van der Waals surface area contributed by atoms with Crippen molar-refractivity contribution in [2.24, 2.45) is 4.99 Å². The van der Waals surface area contributed by atoms with Gasteiger partial charge in [-0.2, -0.15) is 0 Å². The molecule has 3 aliphatic rings. The molecule has 0 fully saturated rings. The summed E-state index contributed by atoms with van der Waals surface area (Å²) in [5, 5.41) is 6.07. The van der Waals surface area contributed by atoms with Crippen molar-refractivity contribution in [1.29, 1.82) is 0 Å². The zero-order valence-corrected chi connectivity index (χ0v) is 30.2. The summed E-state index contributed by atoms with van der Waals surface area (Å²) in [7, 11) is 0. The summed E-state index contributed by atoms with van der Waals surface area (Å²) in [6.45, 7) is 4.69. The fraction of sp³-hybridized carbons (Fsp3) is 0.0816. The fourth-order valence-corrected chi connectivity index (χ4v) is 9.96. The van der Waals surface area contributed by atoms with Crippen LogP contribution >= 0.6 is 11.8 Å². The van der Waals surface area contributed by atoms with Crippen LogP contribution in [0.15, 0.2) is 177 Å². The highest BCUT2D eigenvalue weighted by atomic mass is 32.2. The first-order valence-electron chi connectivity index (χ1n) is 18.2. The van der Waals surface area contributed by atoms with Crippen LogP contribution in [0.5, 0.6) is 0 Å². The van der Waals surface area contributed by atoms with Crippen LogP contribution < -0.4 is 5.32 Å². The normalized spacial score (nSPS) is 16.6. The van der Waals surface area contributed by atoms with Crippen LogP contribution in [0.1, 0.15) is 47.7 Å². The molecule has 4 heteroatoms. The second kappa shape index (κ2) is 11.4. The van der Waals surface area contributed by atoms with Crippen molar-refractivity contribution in [3.63, 3.8) is 0 Å². The summed E-state index contributed by atoms with van der Waals surface area (Å²) < 4.78 is 6.53. The summed E-state index contributed by atoms with van der Waals surface area (Å²) in [6.07, 6.45) is 0. The summed E-state index contributed by atoms with van der Waals surface area (Å²) in [5.41, 5.74) is 16.2. The quantitative estimate of drug-likeness (QED) is 0.199. The van der Waals surface area contributed by atoms with Gasteiger partial charge in [-0.15, -0.1) is 0 Å². The summed E-state index contributed by atoms with van der Waals surface area (Å²) in [6, 6.07) is 56.8. The molecule has 1 aliphatic carbocycles. The minimum absolute atomic E-state index is 0.00173. The van der Waals surface area contributed by atoms with E-state index in [0.29, 0.717) is 0 Å². The maximum Gasteiger partial charge on any atom is 0.136 e. The van der Waals surface area contributed by atoms with Crippen LogP contribution in [-0.2, 0) is 5.41 Å². The van der Waals surface area contributed by atoms with Gasteiger partial charge in [0.25, 0.3) is 0 Å². The van der Waals surface area contributed by atoms with E-state index in [2.05, 4.69) is 177 Å². The number of rotatable bonds is 4. The maximum absolute atomic E-state index is 6.53. The van der Waals surface area contributed by atoms with Gasteiger partial charge in [0.05, 0.1) is 11.7 Å². The van der Waals surface area contributed by atoms with Crippen molar-refractivity contribution in [3.8, 4) is 33.4 Å². The van der Waals surface area contributed by atoms with Gasteiger partial charge in [0, 0.05) is 37.1 Å². The largest absolute Gasteiger partial charge is 0.456 e. The number of benzene rings is 7. The van der Waals surface area contributed by atoms with Crippen LogP contribution in [0.25, 0.3) is 61.0 Å². The molecule has 1 unspecified atom stereocenters. The highest BCUT2D eigenvalue weighted by Gasteiger charge is 2.38. The van der Waals surface area contributed by atoms with E-state index in [9.17, 15) is 0 Å². The van der Waals surface area contributed by atoms with E-state index in [1.807, 2.05) is 11.8 Å². The molecule has 1 atom stereocenters. The average Bonchev–Trinajstić information content (AvgIpc) is 3.85. The molecular formula is C49H34N2OS. The van der Waals surface area contributed by atoms with Gasteiger partial charge < -0.3 is 9.73 Å². The summed E-state index contributed by atoms with van der Waals surface area (Å²) in [4.78, 5) is 8.07. The standard InChI is InChI=1S/C49H34N2OS/c1-49(2)39-19-8-6-16-34(39)35-24-22-33(28-40(35)49)45-47-46(36-17-7-9-21-43(36)53-47)51-48(50-45)37-18-11-20-42-44(37)38-27-32(23-25-41(38)52-42)31-15-10-14-30(26-31)29-12-4-3-5-13-29/h3-28,46H,1-2H3,(H,50,51). The van der Waals surface area contributed by atoms with Crippen molar-refractivity contribution in [2.75, 3.05) is 0 Å². The van der Waals surface area contributed by atoms with E-state index in [1.165, 1.54) is 54.3 Å². The lowest BCUT2D eigenvalue weighted by Gasteiger charge is -2.27. The second-order valence-electron chi connectivity index (χ2n) is 14.8. The Hall–Kier alpha value is -6.10. The highest BCUT2D eigenvalue weighted by molar-refractivity contribution is 8.03. The monoisotopic (exact) mass is 698 g/mol. The van der Waals surface area contributed by atoms with Crippen LogP contribution in [-0.4, -0.2) is 5.84 Å². The predicted octanol–water partition coefficient (Wildman–Crippen LogP) is 12.8. The first-order chi connectivity index (χ1) is 26.0. The van der Waals surface area contributed by atoms with Crippen molar-refractivity contribution >= 4 is 45.2 Å². The lowest BCUT2D eigenvalue weighted by molar-refractivity contribution is 0.660. The molecule has 0 saturated heterocycles. The third-order valence-corrected chi connectivity index (χ3v) is 12.6. The smallest absolute Gasteiger partial charge is 0.136 e. The molecule has 1 N–H and O–H groups in total. The number of hydrogen-bond donors (Lipinski definition) is 1. The number of hydrogen-bond acceptors (Lipinski definition) is 4. The topological polar surface area (TPSA) is 37.5 Å². The van der Waals surface area contributed by atoms with Crippen molar-refractivity contribution in [3.05, 3.63) is 190 Å². The fourth-order valence-electron chi connectivity index (χ4n) is 8.70. The van der Waals surface area contributed by atoms with E-state index in [1.54, 1.807) is 0 Å². The van der Waals surface area contributed by atoms with Crippen LogP contribution in [0, 0.1) is 0 Å². The Kier molecular flexibility index (Phi) is 6.59. The lowest BCUT2D eigenvalue weighted by Crippen LogP contribution is -2.32. The Morgan fingerprint density at radius 1 is 0.566 bits per heavy atom. The van der Waals surface area contributed by atoms with Crippen molar-refractivity contribution in [2.45, 2.75) is 30.2 Å². The van der Waals surface area contributed by atoms with E-state index < -0.39 is 0 Å². The number of fused-ring (bicyclic) bond motifs is 9. The molecule has 0 spiro atoms. The molecule has 53 heavy (non-hydrogen) atoms. The van der Waals surface area contributed by atoms with E-state index >= 15 is 0 Å². The minimum Gasteiger partial charge on any atom is -0.456 e. The van der Waals surface area contributed by atoms with Gasteiger partial charge in [0.2, 0.25) is 0 Å². The third kappa shape index (κ3) is 4.65. The molecule has 7 aromatic carbocycles. The third-order valence-electron chi connectivity index (χ3n) is 11.4. The molecular weight excluding hydrogens is 665 g/mol. The molecule has 11 rings (SSSR count). The van der Waals surface area contributed by atoms with Gasteiger partial charge >= 0.3 is 0 Å². The average molecular weight is 699 g/mol. The zero-order chi connectivity index (χ0) is 35.3. The zero-order valence-electron chi connectivity index (χ0n) is 29.4. The maximum atomic E-state index is 6.53. The molecule has 1 aromatic heterocycles. The first-order valence-corrected chi connectivity index (χ1v) is 19.1. The Labute approximate surface area is 312 Å². The molecule has 2 aliphatic heterocycles. The Morgan fingerprint density at radius 2 is 1.26 bits per heavy atom. The van der Waals surface area contributed by atoms with Crippen LogP contribution in [0.3, 0.4) is 0 Å². The predicted molar refractivity (Wildman–Crippen MR) is 220 cm³/mol. The van der Waals surface area contributed by atoms with Crippen LogP contribution in [0.4, 0.5) is 0 Å². The Bertz CT molecular complexity index is 2880. The number of aliphatic imine (C=N–C) groups is 1. The minimum atomic E-state index is -0.0998. The van der Waals surface area contributed by atoms with Gasteiger partial charge in [0.1, 0.15) is 17.0 Å². The van der Waals surface area contributed by atoms with Gasteiger partial charge in [-0.1, -0.05) is 147 Å².